The molecule has 174 valence electrons. The van der Waals surface area contributed by atoms with Gasteiger partial charge >= 0.3 is 0 Å². The van der Waals surface area contributed by atoms with Gasteiger partial charge in [-0.05, 0) is 44.4 Å². The lowest BCUT2D eigenvalue weighted by molar-refractivity contribution is -0.131. The molecule has 6 nitrogen and oxygen atoms in total. The highest BCUT2D eigenvalue weighted by Crippen LogP contribution is 2.26. The van der Waals surface area contributed by atoms with Gasteiger partial charge in [0.25, 0.3) is 0 Å². The van der Waals surface area contributed by atoms with Gasteiger partial charge < -0.3 is 20.3 Å². The monoisotopic (exact) mass is 550 g/mol. The van der Waals surface area contributed by atoms with E-state index in [0.29, 0.717) is 13.0 Å². The van der Waals surface area contributed by atoms with Gasteiger partial charge in [-0.3, -0.25) is 9.79 Å². The lowest BCUT2D eigenvalue weighted by Crippen LogP contribution is -2.39. The van der Waals surface area contributed by atoms with Crippen molar-refractivity contribution in [3.05, 3.63) is 64.7 Å². The maximum Gasteiger partial charge on any atom is 0.223 e. The normalized spacial score (nSPS) is 13.8. The SMILES string of the molecule is CCNC(=NCCCC(=O)N1Cc2ccccc2C1)NC(C)c1cc(C)ccc1OC.I. The van der Waals surface area contributed by atoms with Crippen LogP contribution in [0, 0.1) is 6.92 Å². The van der Waals surface area contributed by atoms with Crippen LogP contribution in [-0.4, -0.2) is 37.0 Å². The van der Waals surface area contributed by atoms with Crippen molar-refractivity contribution in [2.45, 2.75) is 52.7 Å². The summed E-state index contributed by atoms with van der Waals surface area (Å²) in [5, 5.41) is 6.75. The van der Waals surface area contributed by atoms with E-state index in [1.807, 2.05) is 36.1 Å². The molecule has 0 fully saturated rings. The topological polar surface area (TPSA) is 66.0 Å². The van der Waals surface area contributed by atoms with Crippen LogP contribution in [0.15, 0.2) is 47.5 Å². The standard InChI is InChI=1S/C25H34N4O2.HI/c1-5-26-25(28-19(3)22-15-18(2)12-13-23(22)31-4)27-14-8-11-24(30)29-16-20-9-6-7-10-21(20)17-29;/h6-7,9-10,12-13,15,19H,5,8,11,14,16-17H2,1-4H3,(H2,26,27,28);1H. The van der Waals surface area contributed by atoms with Gasteiger partial charge in [0.15, 0.2) is 5.96 Å². The highest BCUT2D eigenvalue weighted by molar-refractivity contribution is 14.0. The van der Waals surface area contributed by atoms with Crippen LogP contribution >= 0.6 is 24.0 Å². The van der Waals surface area contributed by atoms with Crippen LogP contribution in [0.4, 0.5) is 0 Å². The molecule has 2 aromatic rings. The van der Waals surface area contributed by atoms with Gasteiger partial charge in [-0.15, -0.1) is 24.0 Å². The number of methoxy groups -OCH3 is 1. The van der Waals surface area contributed by atoms with E-state index >= 15 is 0 Å². The number of carbonyl (C=O) groups is 1. The minimum atomic E-state index is 0. The lowest BCUT2D eigenvalue weighted by atomic mass is 10.0. The van der Waals surface area contributed by atoms with Gasteiger partial charge in [-0.1, -0.05) is 42.0 Å². The third kappa shape index (κ3) is 6.85. The Bertz CT molecular complexity index is 907. The second-order valence-electron chi connectivity index (χ2n) is 7.99. The van der Waals surface area contributed by atoms with Crippen molar-refractivity contribution in [2.75, 3.05) is 20.2 Å². The summed E-state index contributed by atoms with van der Waals surface area (Å²) < 4.78 is 5.52. The van der Waals surface area contributed by atoms with Crippen molar-refractivity contribution in [1.29, 1.82) is 0 Å². The number of rotatable bonds is 8. The number of fused-ring (bicyclic) bond motifs is 1. The van der Waals surface area contributed by atoms with Crippen molar-refractivity contribution in [2.24, 2.45) is 4.99 Å². The molecule has 1 unspecified atom stereocenters. The fourth-order valence-electron chi connectivity index (χ4n) is 3.88. The Kier molecular flexibility index (Phi) is 10.3. The fourth-order valence-corrected chi connectivity index (χ4v) is 3.88. The molecule has 2 N–H and O–H groups in total. The number of benzene rings is 2. The third-order valence-electron chi connectivity index (χ3n) is 5.56. The van der Waals surface area contributed by atoms with E-state index in [1.165, 1.54) is 16.7 Å². The molecule has 0 spiro atoms. The van der Waals surface area contributed by atoms with Gasteiger partial charge in [-0.25, -0.2) is 0 Å². The predicted octanol–water partition coefficient (Wildman–Crippen LogP) is 4.56. The van der Waals surface area contributed by atoms with Crippen molar-refractivity contribution < 1.29 is 9.53 Å². The average Bonchev–Trinajstić information content (AvgIpc) is 3.21. The summed E-state index contributed by atoms with van der Waals surface area (Å²) in [7, 11) is 1.69. The molecule has 7 heteroatoms. The van der Waals surface area contributed by atoms with Crippen LogP contribution in [-0.2, 0) is 17.9 Å². The molecule has 2 aromatic carbocycles. The van der Waals surface area contributed by atoms with Crippen LogP contribution in [0.3, 0.4) is 0 Å². The van der Waals surface area contributed by atoms with Crippen molar-refractivity contribution in [1.82, 2.24) is 15.5 Å². The molecule has 0 saturated carbocycles. The second kappa shape index (κ2) is 12.7. The van der Waals surface area contributed by atoms with Gasteiger partial charge in [0.1, 0.15) is 5.75 Å². The summed E-state index contributed by atoms with van der Waals surface area (Å²) in [5.74, 6) is 1.81. The van der Waals surface area contributed by atoms with E-state index in [-0.39, 0.29) is 35.9 Å². The summed E-state index contributed by atoms with van der Waals surface area (Å²) in [6, 6.07) is 14.5. The van der Waals surface area contributed by atoms with Crippen molar-refractivity contribution in [3.63, 3.8) is 0 Å². The minimum Gasteiger partial charge on any atom is -0.496 e. The molecule has 0 aromatic heterocycles. The van der Waals surface area contributed by atoms with Gasteiger partial charge in [-0.2, -0.15) is 0 Å². The van der Waals surface area contributed by atoms with E-state index in [1.54, 1.807) is 7.11 Å². The largest absolute Gasteiger partial charge is 0.496 e. The fraction of sp³-hybridized carbons (Fsp3) is 0.440. The zero-order valence-corrected chi connectivity index (χ0v) is 21.8. The highest BCUT2D eigenvalue weighted by Gasteiger charge is 2.22. The van der Waals surface area contributed by atoms with Crippen molar-refractivity contribution >= 4 is 35.8 Å². The van der Waals surface area contributed by atoms with E-state index in [4.69, 9.17) is 4.74 Å². The number of amides is 1. The second-order valence-corrected chi connectivity index (χ2v) is 7.99. The van der Waals surface area contributed by atoms with E-state index < -0.39 is 0 Å². The number of hydrogen-bond acceptors (Lipinski definition) is 3. The number of guanidine groups is 1. The molecular weight excluding hydrogens is 515 g/mol. The lowest BCUT2D eigenvalue weighted by Gasteiger charge is -2.20. The summed E-state index contributed by atoms with van der Waals surface area (Å²) in [4.78, 5) is 19.2. The van der Waals surface area contributed by atoms with Crippen LogP contribution in [0.25, 0.3) is 0 Å². The first-order valence-electron chi connectivity index (χ1n) is 11.1. The highest BCUT2D eigenvalue weighted by atomic mass is 127. The van der Waals surface area contributed by atoms with E-state index in [9.17, 15) is 4.79 Å². The van der Waals surface area contributed by atoms with Crippen LogP contribution in [0.5, 0.6) is 5.75 Å². The molecule has 1 amide bonds. The number of aryl methyl sites for hydroxylation is 1. The Balaban J connectivity index is 0.00000363. The Labute approximate surface area is 208 Å². The zero-order valence-electron chi connectivity index (χ0n) is 19.5. The maximum absolute atomic E-state index is 12.6. The van der Waals surface area contributed by atoms with E-state index in [2.05, 4.69) is 47.7 Å². The molecule has 0 saturated heterocycles. The number of hydrogen-bond donors (Lipinski definition) is 2. The van der Waals surface area contributed by atoms with Crippen LogP contribution < -0.4 is 15.4 Å². The Hall–Kier alpha value is -2.29. The average molecular weight is 550 g/mol. The molecule has 1 atom stereocenters. The molecule has 1 aliphatic rings. The van der Waals surface area contributed by atoms with Gasteiger partial charge in [0, 0.05) is 38.2 Å². The number of nitrogens with one attached hydrogen (secondary N) is 2. The van der Waals surface area contributed by atoms with Gasteiger partial charge in [0.05, 0.1) is 13.2 Å². The van der Waals surface area contributed by atoms with Crippen molar-refractivity contribution in [3.8, 4) is 5.75 Å². The number of carbonyl (C=O) groups excluding carboxylic acids is 1. The quantitative estimate of drug-likeness (QED) is 0.219. The molecule has 32 heavy (non-hydrogen) atoms. The molecule has 0 bridgehead atoms. The van der Waals surface area contributed by atoms with E-state index in [0.717, 1.165) is 43.3 Å². The summed E-state index contributed by atoms with van der Waals surface area (Å²) in [5.41, 5.74) is 4.80. The molecule has 0 radical (unpaired) electrons. The zero-order chi connectivity index (χ0) is 22.2. The molecule has 1 aliphatic heterocycles. The first-order valence-corrected chi connectivity index (χ1v) is 11.1. The molecule has 1 heterocycles. The molecule has 3 rings (SSSR count). The molecule has 0 aliphatic carbocycles. The number of aliphatic imine (C=N–C) groups is 1. The Morgan fingerprint density at radius 3 is 2.50 bits per heavy atom. The number of halogens is 1. The first-order chi connectivity index (χ1) is 15.0. The van der Waals surface area contributed by atoms with Crippen LogP contribution in [0.2, 0.25) is 0 Å². The Morgan fingerprint density at radius 2 is 1.88 bits per heavy atom. The summed E-state index contributed by atoms with van der Waals surface area (Å²) in [6.45, 7) is 9.03. The first kappa shape index (κ1) is 26.0. The minimum absolute atomic E-state index is 0. The Morgan fingerprint density at radius 1 is 1.19 bits per heavy atom. The predicted molar refractivity (Wildman–Crippen MR) is 141 cm³/mol. The summed E-state index contributed by atoms with van der Waals surface area (Å²) >= 11 is 0. The third-order valence-corrected chi connectivity index (χ3v) is 5.56. The number of nitrogens with zero attached hydrogens (tertiary/aromatic N) is 2. The maximum atomic E-state index is 12.6. The number of ether oxygens (including phenoxy) is 1. The van der Waals surface area contributed by atoms with Gasteiger partial charge in [0.2, 0.25) is 5.91 Å². The van der Waals surface area contributed by atoms with Crippen LogP contribution in [0.1, 0.15) is 55.0 Å². The molecular formula is C25H35IN4O2. The summed E-state index contributed by atoms with van der Waals surface area (Å²) in [6.07, 6.45) is 1.24. The smallest absolute Gasteiger partial charge is 0.223 e.